The van der Waals surface area contributed by atoms with Crippen LogP contribution < -0.4 is 5.73 Å². The Hall–Kier alpha value is -0.820. The van der Waals surface area contributed by atoms with Gasteiger partial charge in [0, 0.05) is 0 Å². The Morgan fingerprint density at radius 1 is 1.12 bits per heavy atom. The zero-order chi connectivity index (χ0) is 12.0. The minimum Gasteiger partial charge on any atom is -0.330 e. The lowest BCUT2D eigenvalue weighted by molar-refractivity contribution is 0.612. The van der Waals surface area contributed by atoms with Crippen molar-refractivity contribution in [2.75, 3.05) is 6.54 Å². The fraction of sp³-hybridized carbons (Fsp3) is 0.600. The van der Waals surface area contributed by atoms with Crippen molar-refractivity contribution in [1.82, 2.24) is 0 Å². The lowest BCUT2D eigenvalue weighted by Gasteiger charge is -2.15. The molecule has 0 saturated heterocycles. The molecule has 90 valence electrons. The summed E-state index contributed by atoms with van der Waals surface area (Å²) >= 11 is 0. The average molecular weight is 219 g/mol. The van der Waals surface area contributed by atoms with Crippen LogP contribution in [0.5, 0.6) is 0 Å². The van der Waals surface area contributed by atoms with Crippen molar-refractivity contribution in [3.05, 3.63) is 35.4 Å². The third kappa shape index (κ3) is 3.97. The van der Waals surface area contributed by atoms with E-state index in [1.54, 1.807) is 0 Å². The second-order valence-corrected chi connectivity index (χ2v) is 5.02. The van der Waals surface area contributed by atoms with Gasteiger partial charge in [0.15, 0.2) is 0 Å². The van der Waals surface area contributed by atoms with E-state index >= 15 is 0 Å². The van der Waals surface area contributed by atoms with Crippen LogP contribution in [0.3, 0.4) is 0 Å². The summed E-state index contributed by atoms with van der Waals surface area (Å²) in [7, 11) is 0. The van der Waals surface area contributed by atoms with Gasteiger partial charge >= 0.3 is 0 Å². The molecule has 1 heteroatoms. The van der Waals surface area contributed by atoms with E-state index in [1.165, 1.54) is 24.0 Å². The smallest absolute Gasteiger partial charge is 0.00714 e. The molecule has 0 fully saturated rings. The Bertz CT molecular complexity index is 287. The highest BCUT2D eigenvalue weighted by molar-refractivity contribution is 5.25. The van der Waals surface area contributed by atoms with Crippen LogP contribution in [0.1, 0.15) is 50.7 Å². The first kappa shape index (κ1) is 13.2. The van der Waals surface area contributed by atoms with Crippen LogP contribution >= 0.6 is 0 Å². The molecule has 16 heavy (non-hydrogen) atoms. The van der Waals surface area contributed by atoms with Crippen molar-refractivity contribution in [3.63, 3.8) is 0 Å². The zero-order valence-electron chi connectivity index (χ0n) is 10.9. The van der Waals surface area contributed by atoms with Gasteiger partial charge in [0.05, 0.1) is 0 Å². The fourth-order valence-electron chi connectivity index (χ4n) is 2.20. The minimum atomic E-state index is 0.637. The van der Waals surface area contributed by atoms with Crippen LogP contribution in [0.15, 0.2) is 24.3 Å². The molecule has 1 atom stereocenters. The van der Waals surface area contributed by atoms with E-state index in [-0.39, 0.29) is 0 Å². The molecule has 1 aromatic rings. The van der Waals surface area contributed by atoms with E-state index < -0.39 is 0 Å². The van der Waals surface area contributed by atoms with Crippen LogP contribution in [-0.2, 0) is 6.42 Å². The van der Waals surface area contributed by atoms with Crippen LogP contribution in [-0.4, -0.2) is 6.54 Å². The summed E-state index contributed by atoms with van der Waals surface area (Å²) < 4.78 is 0. The quantitative estimate of drug-likeness (QED) is 0.775. The lowest BCUT2D eigenvalue weighted by atomic mass is 9.91. The van der Waals surface area contributed by atoms with Gasteiger partial charge in [-0.15, -0.1) is 0 Å². The maximum absolute atomic E-state index is 5.64. The van der Waals surface area contributed by atoms with Gasteiger partial charge in [-0.2, -0.15) is 0 Å². The molecule has 0 aromatic heterocycles. The minimum absolute atomic E-state index is 0.637. The SMILES string of the molecule is CCC(CCN)c1ccc(CC(C)C)cc1. The van der Waals surface area contributed by atoms with Gasteiger partial charge in [-0.3, -0.25) is 0 Å². The van der Waals surface area contributed by atoms with Gasteiger partial charge in [-0.25, -0.2) is 0 Å². The zero-order valence-corrected chi connectivity index (χ0v) is 10.9. The van der Waals surface area contributed by atoms with Gasteiger partial charge < -0.3 is 5.73 Å². The molecule has 0 saturated carbocycles. The predicted molar refractivity (Wildman–Crippen MR) is 71.7 cm³/mol. The molecule has 0 aliphatic heterocycles. The number of rotatable bonds is 6. The molecular formula is C15H25N. The second-order valence-electron chi connectivity index (χ2n) is 5.02. The Labute approximate surface area is 100 Å². The van der Waals surface area contributed by atoms with Crippen molar-refractivity contribution >= 4 is 0 Å². The summed E-state index contributed by atoms with van der Waals surface area (Å²) in [5, 5.41) is 0. The van der Waals surface area contributed by atoms with E-state index in [0.717, 1.165) is 18.9 Å². The highest BCUT2D eigenvalue weighted by Crippen LogP contribution is 2.23. The average Bonchev–Trinajstić information content (AvgIpc) is 2.26. The van der Waals surface area contributed by atoms with Gasteiger partial charge in [0.25, 0.3) is 0 Å². The predicted octanol–water partition coefficient (Wildman–Crippen LogP) is 3.73. The third-order valence-corrected chi connectivity index (χ3v) is 3.10. The van der Waals surface area contributed by atoms with Crippen LogP contribution in [0.2, 0.25) is 0 Å². The molecule has 0 amide bonds. The Kier molecular flexibility index (Phi) is 5.54. The largest absolute Gasteiger partial charge is 0.330 e. The van der Waals surface area contributed by atoms with Crippen LogP contribution in [0.4, 0.5) is 0 Å². The molecule has 0 bridgehead atoms. The molecule has 0 aliphatic carbocycles. The summed E-state index contributed by atoms with van der Waals surface area (Å²) in [5.74, 6) is 1.37. The van der Waals surface area contributed by atoms with Crippen molar-refractivity contribution in [2.45, 2.75) is 46.0 Å². The number of nitrogens with two attached hydrogens (primary N) is 1. The summed E-state index contributed by atoms with van der Waals surface area (Å²) in [6.45, 7) is 7.54. The maximum Gasteiger partial charge on any atom is -0.00714 e. The van der Waals surface area contributed by atoms with Crippen molar-refractivity contribution in [3.8, 4) is 0 Å². The Balaban J connectivity index is 2.69. The first-order chi connectivity index (χ1) is 7.67. The van der Waals surface area contributed by atoms with E-state index in [0.29, 0.717) is 5.92 Å². The summed E-state index contributed by atoms with van der Waals surface area (Å²) in [5.41, 5.74) is 8.53. The third-order valence-electron chi connectivity index (χ3n) is 3.10. The highest BCUT2D eigenvalue weighted by Gasteiger charge is 2.08. The second kappa shape index (κ2) is 6.70. The molecule has 2 N–H and O–H groups in total. The Morgan fingerprint density at radius 3 is 2.19 bits per heavy atom. The lowest BCUT2D eigenvalue weighted by Crippen LogP contribution is -2.06. The molecule has 0 spiro atoms. The standard InChI is InChI=1S/C15H25N/c1-4-14(9-10-16)15-7-5-13(6-8-15)11-12(2)3/h5-8,12,14H,4,9-11,16H2,1-3H3. The topological polar surface area (TPSA) is 26.0 Å². The molecular weight excluding hydrogens is 194 g/mol. The molecule has 0 radical (unpaired) electrons. The molecule has 0 heterocycles. The first-order valence-corrected chi connectivity index (χ1v) is 6.46. The van der Waals surface area contributed by atoms with Crippen molar-refractivity contribution in [1.29, 1.82) is 0 Å². The monoisotopic (exact) mass is 219 g/mol. The summed E-state index contributed by atoms with van der Waals surface area (Å²) in [4.78, 5) is 0. The number of benzene rings is 1. The van der Waals surface area contributed by atoms with Gasteiger partial charge in [-0.05, 0) is 48.8 Å². The summed E-state index contributed by atoms with van der Waals surface area (Å²) in [6, 6.07) is 9.10. The van der Waals surface area contributed by atoms with E-state index in [2.05, 4.69) is 45.0 Å². The normalized spacial score (nSPS) is 13.1. The van der Waals surface area contributed by atoms with E-state index in [1.807, 2.05) is 0 Å². The van der Waals surface area contributed by atoms with Gasteiger partial charge in [0.1, 0.15) is 0 Å². The van der Waals surface area contributed by atoms with E-state index in [4.69, 9.17) is 5.73 Å². The highest BCUT2D eigenvalue weighted by atomic mass is 14.5. The van der Waals surface area contributed by atoms with Crippen molar-refractivity contribution < 1.29 is 0 Å². The maximum atomic E-state index is 5.64. The summed E-state index contributed by atoms with van der Waals surface area (Å²) in [6.07, 6.45) is 3.45. The fourth-order valence-corrected chi connectivity index (χ4v) is 2.20. The van der Waals surface area contributed by atoms with Crippen LogP contribution in [0, 0.1) is 5.92 Å². The molecule has 0 aliphatic rings. The van der Waals surface area contributed by atoms with Gasteiger partial charge in [0.2, 0.25) is 0 Å². The molecule has 1 unspecified atom stereocenters. The van der Waals surface area contributed by atoms with Gasteiger partial charge in [-0.1, -0.05) is 45.0 Å². The Morgan fingerprint density at radius 2 is 1.75 bits per heavy atom. The first-order valence-electron chi connectivity index (χ1n) is 6.46. The molecule has 1 aromatic carbocycles. The molecule has 1 nitrogen and oxygen atoms in total. The van der Waals surface area contributed by atoms with E-state index in [9.17, 15) is 0 Å². The number of hydrogen-bond donors (Lipinski definition) is 1. The van der Waals surface area contributed by atoms with Crippen molar-refractivity contribution in [2.24, 2.45) is 11.7 Å². The molecule has 1 rings (SSSR count). The van der Waals surface area contributed by atoms with Crippen LogP contribution in [0.25, 0.3) is 0 Å². The number of hydrogen-bond acceptors (Lipinski definition) is 1.